The Morgan fingerprint density at radius 1 is 1.31 bits per heavy atom. The first-order valence-electron chi connectivity index (χ1n) is 6.29. The molecule has 0 amide bonds. The van der Waals surface area contributed by atoms with E-state index in [4.69, 9.17) is 4.74 Å². The van der Waals surface area contributed by atoms with E-state index in [1.165, 1.54) is 0 Å². The molecular weight excluding hydrogens is 202 g/mol. The second-order valence-electron chi connectivity index (χ2n) is 4.38. The Hall–Kier alpha value is -0.410. The molecule has 0 aromatic carbocycles. The molecular formula is C13H27NO2. The zero-order chi connectivity index (χ0) is 12.6. The topological polar surface area (TPSA) is 29.5 Å². The average Bonchev–Trinajstić information content (AvgIpc) is 2.31. The molecule has 1 heterocycles. The largest absolute Gasteiger partial charge is 0.385 e. The maximum Gasteiger partial charge on any atom is 0.136 e. The number of likely N-dealkylation sites (tertiary alicyclic amines) is 1. The highest BCUT2D eigenvalue weighted by Gasteiger charge is 2.37. The summed E-state index contributed by atoms with van der Waals surface area (Å²) in [5.74, 6) is 0.336. The van der Waals surface area contributed by atoms with Crippen LogP contribution < -0.4 is 0 Å². The number of Topliss-reactive ketones (excluding diaryl/α,β-unsaturated/α-hetero) is 1. The van der Waals surface area contributed by atoms with Gasteiger partial charge in [-0.15, -0.1) is 0 Å². The van der Waals surface area contributed by atoms with Gasteiger partial charge in [-0.3, -0.25) is 4.79 Å². The van der Waals surface area contributed by atoms with Crippen LogP contribution in [0.25, 0.3) is 0 Å². The van der Waals surface area contributed by atoms with Gasteiger partial charge in [-0.05, 0) is 46.3 Å². The number of piperidine rings is 1. The van der Waals surface area contributed by atoms with E-state index in [0.717, 1.165) is 32.4 Å². The Morgan fingerprint density at radius 3 is 2.19 bits per heavy atom. The van der Waals surface area contributed by atoms with Crippen LogP contribution in [-0.2, 0) is 9.53 Å². The summed E-state index contributed by atoms with van der Waals surface area (Å²) in [5, 5.41) is 0. The summed E-state index contributed by atoms with van der Waals surface area (Å²) < 4.78 is 5.08. The van der Waals surface area contributed by atoms with Gasteiger partial charge < -0.3 is 9.64 Å². The first-order valence-corrected chi connectivity index (χ1v) is 6.29. The molecule has 0 unspecified atom stereocenters. The van der Waals surface area contributed by atoms with Crippen LogP contribution in [0.3, 0.4) is 0 Å². The lowest BCUT2D eigenvalue weighted by molar-refractivity contribution is -0.130. The molecule has 1 saturated heterocycles. The lowest BCUT2D eigenvalue weighted by atomic mass is 9.73. The van der Waals surface area contributed by atoms with E-state index in [2.05, 4.69) is 11.9 Å². The molecule has 0 N–H and O–H groups in total. The summed E-state index contributed by atoms with van der Waals surface area (Å²) in [5.41, 5.74) is -0.0947. The number of ketones is 1. The first-order chi connectivity index (χ1) is 7.60. The van der Waals surface area contributed by atoms with Crippen molar-refractivity contribution in [1.82, 2.24) is 4.90 Å². The normalized spacial score (nSPS) is 19.8. The Labute approximate surface area is 100 Å². The quantitative estimate of drug-likeness (QED) is 0.741. The van der Waals surface area contributed by atoms with Crippen LogP contribution in [-0.4, -0.2) is 44.5 Å². The second-order valence-corrected chi connectivity index (χ2v) is 4.38. The van der Waals surface area contributed by atoms with Crippen LogP contribution >= 0.6 is 0 Å². The van der Waals surface area contributed by atoms with E-state index in [-0.39, 0.29) is 5.41 Å². The van der Waals surface area contributed by atoms with Crippen molar-refractivity contribution in [2.45, 2.75) is 40.0 Å². The van der Waals surface area contributed by atoms with E-state index in [0.29, 0.717) is 12.4 Å². The molecule has 1 aliphatic heterocycles. The molecule has 0 saturated carbocycles. The van der Waals surface area contributed by atoms with Crippen molar-refractivity contribution in [2.24, 2.45) is 5.41 Å². The van der Waals surface area contributed by atoms with Gasteiger partial charge in [0, 0.05) is 19.1 Å². The van der Waals surface area contributed by atoms with Crippen molar-refractivity contribution in [3.8, 4) is 0 Å². The number of ether oxygens (including phenoxy) is 1. The second kappa shape index (κ2) is 7.80. The third-order valence-corrected chi connectivity index (χ3v) is 3.48. The third kappa shape index (κ3) is 4.22. The van der Waals surface area contributed by atoms with Gasteiger partial charge in [-0.2, -0.15) is 0 Å². The van der Waals surface area contributed by atoms with Crippen molar-refractivity contribution in [2.75, 3.05) is 33.9 Å². The van der Waals surface area contributed by atoms with Gasteiger partial charge >= 0.3 is 0 Å². The molecule has 0 atom stereocenters. The predicted octanol–water partition coefficient (Wildman–Crippen LogP) is 2.35. The zero-order valence-electron chi connectivity index (χ0n) is 11.5. The maximum atomic E-state index is 11.7. The van der Waals surface area contributed by atoms with Gasteiger partial charge in [-0.1, -0.05) is 13.8 Å². The van der Waals surface area contributed by atoms with E-state index >= 15 is 0 Å². The number of hydrogen-bond acceptors (Lipinski definition) is 3. The summed E-state index contributed by atoms with van der Waals surface area (Å²) in [7, 11) is 3.81. The maximum absolute atomic E-state index is 11.7. The SMILES string of the molecule is CC.COCCC1(C(C)=O)CCN(C)CC1. The molecule has 96 valence electrons. The van der Waals surface area contributed by atoms with Gasteiger partial charge in [0.25, 0.3) is 0 Å². The van der Waals surface area contributed by atoms with Crippen molar-refractivity contribution in [3.63, 3.8) is 0 Å². The Morgan fingerprint density at radius 2 is 1.81 bits per heavy atom. The number of carbonyl (C=O) groups excluding carboxylic acids is 1. The van der Waals surface area contributed by atoms with E-state index in [9.17, 15) is 4.79 Å². The van der Waals surface area contributed by atoms with Gasteiger partial charge in [-0.25, -0.2) is 0 Å². The van der Waals surface area contributed by atoms with Crippen molar-refractivity contribution in [1.29, 1.82) is 0 Å². The standard InChI is InChI=1S/C11H21NO2.C2H6/c1-10(13)11(6-9-14-3)4-7-12(2)8-5-11;1-2/h4-9H2,1-3H3;1-2H3. The lowest BCUT2D eigenvalue weighted by Gasteiger charge is -2.38. The predicted molar refractivity (Wildman–Crippen MR) is 67.7 cm³/mol. The number of hydrogen-bond donors (Lipinski definition) is 0. The smallest absolute Gasteiger partial charge is 0.136 e. The molecule has 0 aromatic rings. The van der Waals surface area contributed by atoms with E-state index in [1.807, 2.05) is 13.8 Å². The van der Waals surface area contributed by atoms with Gasteiger partial charge in [0.1, 0.15) is 5.78 Å². The molecule has 16 heavy (non-hydrogen) atoms. The van der Waals surface area contributed by atoms with Crippen molar-refractivity contribution >= 4 is 5.78 Å². The Bertz CT molecular complexity index is 191. The molecule has 1 rings (SSSR count). The molecule has 0 aromatic heterocycles. The number of carbonyl (C=O) groups is 1. The van der Waals surface area contributed by atoms with E-state index < -0.39 is 0 Å². The Kier molecular flexibility index (Phi) is 7.60. The highest BCUT2D eigenvalue weighted by molar-refractivity contribution is 5.82. The zero-order valence-corrected chi connectivity index (χ0v) is 11.5. The van der Waals surface area contributed by atoms with Crippen LogP contribution in [0.1, 0.15) is 40.0 Å². The summed E-state index contributed by atoms with van der Waals surface area (Å²) in [6, 6.07) is 0. The van der Waals surface area contributed by atoms with Gasteiger partial charge in [0.05, 0.1) is 0 Å². The van der Waals surface area contributed by atoms with Gasteiger partial charge in [0.2, 0.25) is 0 Å². The monoisotopic (exact) mass is 229 g/mol. The fourth-order valence-corrected chi connectivity index (χ4v) is 2.12. The molecule has 0 spiro atoms. The average molecular weight is 229 g/mol. The molecule has 1 aliphatic rings. The highest BCUT2D eigenvalue weighted by Crippen LogP contribution is 2.35. The van der Waals surface area contributed by atoms with Crippen LogP contribution in [0.5, 0.6) is 0 Å². The van der Waals surface area contributed by atoms with Crippen LogP contribution in [0.4, 0.5) is 0 Å². The first kappa shape index (κ1) is 15.6. The summed E-state index contributed by atoms with van der Waals surface area (Å²) in [6.45, 7) is 8.48. The molecule has 0 bridgehead atoms. The van der Waals surface area contributed by atoms with Crippen molar-refractivity contribution < 1.29 is 9.53 Å². The van der Waals surface area contributed by atoms with Crippen LogP contribution in [0.15, 0.2) is 0 Å². The molecule has 3 nitrogen and oxygen atoms in total. The molecule has 0 aliphatic carbocycles. The fourth-order valence-electron chi connectivity index (χ4n) is 2.12. The molecule has 1 fully saturated rings. The highest BCUT2D eigenvalue weighted by atomic mass is 16.5. The number of nitrogens with zero attached hydrogens (tertiary/aromatic N) is 1. The summed E-state index contributed by atoms with van der Waals surface area (Å²) in [4.78, 5) is 13.9. The summed E-state index contributed by atoms with van der Waals surface area (Å²) in [6.07, 6.45) is 2.86. The third-order valence-electron chi connectivity index (χ3n) is 3.48. The van der Waals surface area contributed by atoms with Crippen LogP contribution in [0, 0.1) is 5.41 Å². The van der Waals surface area contributed by atoms with E-state index in [1.54, 1.807) is 14.0 Å². The van der Waals surface area contributed by atoms with Crippen molar-refractivity contribution in [3.05, 3.63) is 0 Å². The summed E-state index contributed by atoms with van der Waals surface area (Å²) >= 11 is 0. The Balaban J connectivity index is 0.00000106. The fraction of sp³-hybridized carbons (Fsp3) is 0.923. The number of rotatable bonds is 4. The molecule has 0 radical (unpaired) electrons. The van der Waals surface area contributed by atoms with Crippen LogP contribution in [0.2, 0.25) is 0 Å². The minimum absolute atomic E-state index is 0.0947. The molecule has 3 heteroatoms. The minimum Gasteiger partial charge on any atom is -0.385 e. The van der Waals surface area contributed by atoms with Gasteiger partial charge in [0.15, 0.2) is 0 Å². The minimum atomic E-state index is -0.0947. The lowest BCUT2D eigenvalue weighted by Crippen LogP contribution is -2.42. The number of methoxy groups -OCH3 is 1.